The highest BCUT2D eigenvalue weighted by atomic mass is 16.5. The third-order valence-electron chi connectivity index (χ3n) is 8.49. The van der Waals surface area contributed by atoms with Crippen molar-refractivity contribution in [3.8, 4) is 11.1 Å². The number of carbonyl (C=O) groups excluding carboxylic acids is 1. The molecule has 4 nitrogen and oxygen atoms in total. The van der Waals surface area contributed by atoms with Crippen molar-refractivity contribution in [2.24, 2.45) is 11.8 Å². The summed E-state index contributed by atoms with van der Waals surface area (Å²) < 4.78 is 11.1. The molecule has 204 valence electrons. The van der Waals surface area contributed by atoms with Gasteiger partial charge >= 0.3 is 5.97 Å². The van der Waals surface area contributed by atoms with Gasteiger partial charge in [0.1, 0.15) is 0 Å². The molecule has 38 heavy (non-hydrogen) atoms. The number of aliphatic hydroxyl groups excluding tert-OH is 1. The van der Waals surface area contributed by atoms with Gasteiger partial charge in [-0.2, -0.15) is 0 Å². The van der Waals surface area contributed by atoms with Crippen LogP contribution in [0.5, 0.6) is 0 Å². The number of rotatable bonds is 14. The quantitative estimate of drug-likeness (QED) is 0.161. The molecule has 1 aliphatic carbocycles. The van der Waals surface area contributed by atoms with Crippen LogP contribution in [0.3, 0.4) is 0 Å². The Morgan fingerprint density at radius 1 is 1.08 bits per heavy atom. The van der Waals surface area contributed by atoms with E-state index < -0.39 is 6.10 Å². The highest BCUT2D eigenvalue weighted by molar-refractivity contribution is 5.69. The largest absolute Gasteiger partial charge is 0.469 e. The smallest absolute Gasteiger partial charge is 0.305 e. The van der Waals surface area contributed by atoms with Gasteiger partial charge in [-0.1, -0.05) is 105 Å². The Morgan fingerprint density at radius 2 is 1.84 bits per heavy atom. The van der Waals surface area contributed by atoms with E-state index in [0.29, 0.717) is 12.3 Å². The summed E-state index contributed by atoms with van der Waals surface area (Å²) in [4.78, 5) is 11.4. The first-order valence-corrected chi connectivity index (χ1v) is 14.4. The number of unbranched alkanes of at least 4 members (excludes halogenated alkanes) is 3. The molecule has 1 saturated heterocycles. The number of benzene rings is 2. The van der Waals surface area contributed by atoms with Crippen molar-refractivity contribution in [1.82, 2.24) is 0 Å². The second kappa shape index (κ2) is 13.9. The van der Waals surface area contributed by atoms with Crippen LogP contribution in [0.4, 0.5) is 0 Å². The Bertz CT molecular complexity index is 1060. The lowest BCUT2D eigenvalue weighted by atomic mass is 9.69. The zero-order valence-corrected chi connectivity index (χ0v) is 23.1. The fourth-order valence-corrected chi connectivity index (χ4v) is 6.33. The molecule has 0 unspecified atom stereocenters. The van der Waals surface area contributed by atoms with Crippen LogP contribution in [-0.4, -0.2) is 37.0 Å². The second-order valence-corrected chi connectivity index (χ2v) is 11.0. The van der Waals surface area contributed by atoms with E-state index in [1.165, 1.54) is 23.8 Å². The van der Waals surface area contributed by atoms with Crippen molar-refractivity contribution >= 4 is 5.97 Å². The van der Waals surface area contributed by atoms with Crippen LogP contribution in [0, 0.1) is 11.8 Å². The fourth-order valence-electron chi connectivity index (χ4n) is 6.33. The SMILES string of the molecule is CCCCC[C@@H](O)/C=C/[C@@H]1[C@@H]2C[C@@](c3ccc(-c4ccccc4)cc3)(CO2)[C@H]1C/C=C\CCCC(=O)OC. The average Bonchev–Trinajstić information content (AvgIpc) is 3.52. The van der Waals surface area contributed by atoms with Crippen molar-refractivity contribution in [2.75, 3.05) is 13.7 Å². The first-order valence-electron chi connectivity index (χ1n) is 14.4. The summed E-state index contributed by atoms with van der Waals surface area (Å²) in [6.45, 7) is 2.93. The number of hydrogen-bond acceptors (Lipinski definition) is 4. The summed E-state index contributed by atoms with van der Waals surface area (Å²) >= 11 is 0. The molecule has 0 amide bonds. The summed E-state index contributed by atoms with van der Waals surface area (Å²) in [7, 11) is 1.44. The number of carbonyl (C=O) groups is 1. The molecule has 1 aliphatic heterocycles. The van der Waals surface area contributed by atoms with Crippen LogP contribution in [0.2, 0.25) is 0 Å². The number of aliphatic hydroxyl groups is 1. The van der Waals surface area contributed by atoms with Crippen molar-refractivity contribution < 1.29 is 19.4 Å². The number of allylic oxidation sites excluding steroid dienone is 2. The minimum Gasteiger partial charge on any atom is -0.469 e. The third-order valence-corrected chi connectivity index (χ3v) is 8.49. The summed E-state index contributed by atoms with van der Waals surface area (Å²) in [5.74, 6) is 0.530. The highest BCUT2D eigenvalue weighted by Gasteiger charge is 2.58. The van der Waals surface area contributed by atoms with Gasteiger partial charge in [0.05, 0.1) is 25.9 Å². The maximum atomic E-state index is 11.4. The Kier molecular flexibility index (Phi) is 10.4. The Balaban J connectivity index is 1.51. The van der Waals surface area contributed by atoms with Gasteiger partial charge in [-0.25, -0.2) is 0 Å². The van der Waals surface area contributed by atoms with Crippen molar-refractivity contribution in [2.45, 2.75) is 82.3 Å². The maximum absolute atomic E-state index is 11.4. The van der Waals surface area contributed by atoms with Gasteiger partial charge in [0.15, 0.2) is 0 Å². The molecule has 4 heteroatoms. The molecule has 2 aromatic carbocycles. The van der Waals surface area contributed by atoms with E-state index in [4.69, 9.17) is 9.47 Å². The van der Waals surface area contributed by atoms with Crippen molar-refractivity contribution in [1.29, 1.82) is 0 Å². The predicted molar refractivity (Wildman–Crippen MR) is 154 cm³/mol. The van der Waals surface area contributed by atoms with Gasteiger partial charge in [-0.05, 0) is 54.7 Å². The molecular weight excluding hydrogens is 472 g/mol. The van der Waals surface area contributed by atoms with Crippen LogP contribution >= 0.6 is 0 Å². The first-order chi connectivity index (χ1) is 18.6. The standard InChI is InChI=1S/C34H44O4/c1-3-4-8-15-29(35)22-23-30-31(16-11-5-6-12-17-33(36)37-2)34(24-32(30)38-25-34)28-20-18-27(19-21-28)26-13-9-7-10-14-26/h5,7,9-11,13-14,18-23,29-32,35H,3-4,6,8,12,15-17,24-25H2,1-2H3/b11-5-,23-22+/t29-,30+,31+,32+,34+/m1/s1. The number of esters is 1. The molecule has 2 aliphatic rings. The number of methoxy groups -OCH3 is 1. The summed E-state index contributed by atoms with van der Waals surface area (Å²) in [5, 5.41) is 10.6. The monoisotopic (exact) mass is 516 g/mol. The van der Waals surface area contributed by atoms with Crippen molar-refractivity contribution in [3.05, 3.63) is 84.5 Å². The van der Waals surface area contributed by atoms with Crippen LogP contribution in [0.25, 0.3) is 11.1 Å². The first kappa shape index (κ1) is 28.3. The van der Waals surface area contributed by atoms with E-state index in [9.17, 15) is 9.90 Å². The topological polar surface area (TPSA) is 55.8 Å². The van der Waals surface area contributed by atoms with Crippen LogP contribution in [-0.2, 0) is 19.7 Å². The zero-order valence-electron chi connectivity index (χ0n) is 23.1. The van der Waals surface area contributed by atoms with Crippen LogP contribution < -0.4 is 0 Å². The van der Waals surface area contributed by atoms with E-state index in [1.54, 1.807) is 0 Å². The normalized spacial score (nSPS) is 25.4. The van der Waals surface area contributed by atoms with Crippen LogP contribution in [0.15, 0.2) is 78.9 Å². The van der Waals surface area contributed by atoms with Gasteiger partial charge in [-0.15, -0.1) is 0 Å². The van der Waals surface area contributed by atoms with Gasteiger partial charge in [0, 0.05) is 17.8 Å². The molecule has 2 aromatic rings. The molecule has 0 radical (unpaired) electrons. The van der Waals surface area contributed by atoms with Gasteiger partial charge < -0.3 is 14.6 Å². The van der Waals surface area contributed by atoms with E-state index in [0.717, 1.165) is 58.0 Å². The second-order valence-electron chi connectivity index (χ2n) is 11.0. The molecule has 0 aromatic heterocycles. The molecule has 4 rings (SSSR count). The predicted octanol–water partition coefficient (Wildman–Crippen LogP) is 7.41. The minimum atomic E-state index is -0.392. The molecule has 5 atom stereocenters. The molecule has 1 saturated carbocycles. The van der Waals surface area contributed by atoms with Gasteiger partial charge in [-0.3, -0.25) is 4.79 Å². The number of fused-ring (bicyclic) bond motifs is 2. The maximum Gasteiger partial charge on any atom is 0.305 e. The molecular formula is C34H44O4. The van der Waals surface area contributed by atoms with Gasteiger partial charge in [0.25, 0.3) is 0 Å². The van der Waals surface area contributed by atoms with Crippen molar-refractivity contribution in [3.63, 3.8) is 0 Å². The lowest BCUT2D eigenvalue weighted by Gasteiger charge is -2.38. The molecule has 1 heterocycles. The van der Waals surface area contributed by atoms with E-state index in [-0.39, 0.29) is 23.4 Å². The zero-order chi connectivity index (χ0) is 26.8. The Hall–Kier alpha value is -2.69. The molecule has 1 N–H and O–H groups in total. The minimum absolute atomic E-state index is 0.0294. The Morgan fingerprint density at radius 3 is 2.58 bits per heavy atom. The Labute approximate surface area is 228 Å². The van der Waals surface area contributed by atoms with Gasteiger partial charge in [0.2, 0.25) is 0 Å². The average molecular weight is 517 g/mol. The molecule has 2 bridgehead atoms. The number of hydrogen-bond donors (Lipinski definition) is 1. The lowest BCUT2D eigenvalue weighted by Crippen LogP contribution is -2.39. The van der Waals surface area contributed by atoms with E-state index in [1.807, 2.05) is 12.1 Å². The van der Waals surface area contributed by atoms with Crippen LogP contribution in [0.1, 0.15) is 70.3 Å². The highest BCUT2D eigenvalue weighted by Crippen LogP contribution is 2.57. The summed E-state index contributed by atoms with van der Waals surface area (Å²) in [5.41, 5.74) is 3.78. The van der Waals surface area contributed by atoms with E-state index in [2.05, 4.69) is 73.7 Å². The molecule has 2 fully saturated rings. The molecule has 0 spiro atoms. The summed E-state index contributed by atoms with van der Waals surface area (Å²) in [6, 6.07) is 19.6. The summed E-state index contributed by atoms with van der Waals surface area (Å²) in [6.07, 6.45) is 16.9. The fraction of sp³-hybridized carbons (Fsp3) is 0.500. The third kappa shape index (κ3) is 6.84. The lowest BCUT2D eigenvalue weighted by molar-refractivity contribution is -0.140. The number of ether oxygens (including phenoxy) is 2. The van der Waals surface area contributed by atoms with E-state index >= 15 is 0 Å².